The molecule has 17 heavy (non-hydrogen) atoms. The van der Waals surface area contributed by atoms with Crippen molar-refractivity contribution in [2.45, 2.75) is 55.7 Å². The Morgan fingerprint density at radius 1 is 1.41 bits per heavy atom. The van der Waals surface area contributed by atoms with Crippen LogP contribution in [0.25, 0.3) is 0 Å². The van der Waals surface area contributed by atoms with Gasteiger partial charge in [0.1, 0.15) is 0 Å². The average Bonchev–Trinajstić information content (AvgIpc) is 2.57. The summed E-state index contributed by atoms with van der Waals surface area (Å²) in [6, 6.07) is 0. The summed E-state index contributed by atoms with van der Waals surface area (Å²) in [4.78, 5) is 14.7. The molecule has 2 nitrogen and oxygen atoms in total. The topological polar surface area (TPSA) is 32.9 Å². The second-order valence-electron chi connectivity index (χ2n) is 6.04. The van der Waals surface area contributed by atoms with E-state index in [1.807, 2.05) is 11.8 Å². The number of hydrogen-bond donors (Lipinski definition) is 1. The molecule has 2 aliphatic rings. The zero-order valence-electron chi connectivity index (χ0n) is 10.6. The van der Waals surface area contributed by atoms with E-state index in [1.54, 1.807) is 0 Å². The number of aromatic nitrogens is 1. The van der Waals surface area contributed by atoms with Crippen LogP contribution in [0.4, 0.5) is 0 Å². The molecule has 3 unspecified atom stereocenters. The molecule has 0 saturated heterocycles. The van der Waals surface area contributed by atoms with E-state index >= 15 is 0 Å². The molecule has 0 radical (unpaired) electrons. The Bertz CT molecular complexity index is 490. The molecule has 0 amide bonds. The van der Waals surface area contributed by atoms with Gasteiger partial charge in [-0.3, -0.25) is 0 Å². The predicted molar refractivity (Wildman–Crippen MR) is 73.2 cm³/mol. The number of nitrogens with one attached hydrogen (secondary N) is 1. The molecule has 3 atom stereocenters. The van der Waals surface area contributed by atoms with Gasteiger partial charge in [-0.05, 0) is 0 Å². The number of thioether (sulfide) groups is 1. The summed E-state index contributed by atoms with van der Waals surface area (Å²) in [5.74, 6) is 2.29. The monoisotopic (exact) mass is 317 g/mol. The van der Waals surface area contributed by atoms with E-state index in [0.29, 0.717) is 5.92 Å². The van der Waals surface area contributed by atoms with Gasteiger partial charge in [0.25, 0.3) is 0 Å². The van der Waals surface area contributed by atoms with E-state index < -0.39 is 0 Å². The van der Waals surface area contributed by atoms with E-state index in [2.05, 4.69) is 25.8 Å². The van der Waals surface area contributed by atoms with Gasteiger partial charge in [-0.1, -0.05) is 0 Å². The molecule has 0 bridgehead atoms. The zero-order valence-corrected chi connectivity index (χ0v) is 13.1. The minimum atomic E-state index is 0.0683. The van der Waals surface area contributed by atoms with Gasteiger partial charge >= 0.3 is 112 Å². The Morgan fingerprint density at radius 3 is 2.94 bits per heavy atom. The van der Waals surface area contributed by atoms with Crippen LogP contribution >= 0.6 is 11.8 Å². The maximum absolute atomic E-state index is 11.6. The van der Waals surface area contributed by atoms with Gasteiger partial charge in [-0.25, -0.2) is 0 Å². The summed E-state index contributed by atoms with van der Waals surface area (Å²) in [5.41, 5.74) is 0. The van der Waals surface area contributed by atoms with Crippen molar-refractivity contribution in [3.05, 3.63) is 13.7 Å². The molecular formula is C13H19NOSSe. The number of fused-ring (bicyclic) bond motifs is 3. The third-order valence-corrected chi connectivity index (χ3v) is 8.12. The molecule has 1 aliphatic carbocycles. The van der Waals surface area contributed by atoms with Crippen molar-refractivity contribution in [2.24, 2.45) is 11.8 Å². The fourth-order valence-corrected chi connectivity index (χ4v) is 7.37. The van der Waals surface area contributed by atoms with Gasteiger partial charge in [-0.15, -0.1) is 0 Å². The molecule has 2 heterocycles. The third kappa shape index (κ3) is 1.98. The van der Waals surface area contributed by atoms with Gasteiger partial charge in [0, 0.05) is 0 Å². The molecule has 0 aromatic carbocycles. The van der Waals surface area contributed by atoms with Crippen molar-refractivity contribution in [3.8, 4) is 0 Å². The van der Waals surface area contributed by atoms with Crippen molar-refractivity contribution in [2.75, 3.05) is 0 Å². The Balaban J connectivity index is 2.07. The van der Waals surface area contributed by atoms with Crippen molar-refractivity contribution in [1.82, 2.24) is 4.98 Å². The number of H-pyrrole nitrogens is 1. The van der Waals surface area contributed by atoms with Crippen LogP contribution in [-0.4, -0.2) is 24.2 Å². The summed E-state index contributed by atoms with van der Waals surface area (Å²) in [6.07, 6.45) is 4.00. The van der Waals surface area contributed by atoms with Crippen LogP contribution in [0.1, 0.15) is 50.4 Å². The van der Waals surface area contributed by atoms with Gasteiger partial charge in [0.05, 0.1) is 0 Å². The summed E-state index contributed by atoms with van der Waals surface area (Å²) < 4.78 is 2.05. The Kier molecular flexibility index (Phi) is 2.88. The molecule has 0 spiro atoms. The summed E-state index contributed by atoms with van der Waals surface area (Å²) in [6.45, 7) is 7.07. The van der Waals surface area contributed by atoms with Crippen LogP contribution in [-0.2, 0) is 0 Å². The Labute approximate surface area is 112 Å². The van der Waals surface area contributed by atoms with Crippen LogP contribution in [0, 0.1) is 11.8 Å². The van der Waals surface area contributed by atoms with E-state index in [-0.39, 0.29) is 23.7 Å². The number of aromatic amines is 1. The van der Waals surface area contributed by atoms with Crippen LogP contribution in [0.15, 0.2) is 9.82 Å². The fourth-order valence-electron chi connectivity index (χ4n) is 3.49. The molecule has 1 saturated carbocycles. The van der Waals surface area contributed by atoms with Crippen LogP contribution in [0.3, 0.4) is 0 Å². The van der Waals surface area contributed by atoms with Crippen molar-refractivity contribution >= 4 is 26.3 Å². The first-order valence-electron chi connectivity index (χ1n) is 6.39. The molecule has 3 rings (SSSR count). The molecule has 1 N–H and O–H groups in total. The second-order valence-corrected chi connectivity index (χ2v) is 9.84. The summed E-state index contributed by atoms with van der Waals surface area (Å²) in [7, 11) is 0. The molecule has 94 valence electrons. The third-order valence-electron chi connectivity index (χ3n) is 4.35. The molecule has 1 aromatic heterocycles. The van der Waals surface area contributed by atoms with Crippen LogP contribution in [0.5, 0.6) is 0 Å². The standard InChI is InChI=1S/C13H19NOSSe/c1-7-4-5-9-8(6-7)10-11(14-12(15)17-10)16-13(9,2)3/h7-9H,4-6H2,1-3H3,(H,14,15). The molecule has 1 fully saturated rings. The Morgan fingerprint density at radius 2 is 2.18 bits per heavy atom. The van der Waals surface area contributed by atoms with E-state index in [0.717, 1.165) is 11.8 Å². The van der Waals surface area contributed by atoms with E-state index in [9.17, 15) is 4.79 Å². The minimum absolute atomic E-state index is 0.0683. The SMILES string of the molecule is CC1CCC2C(C1)c1[se]c(=O)[nH]c1SC2(C)C. The summed E-state index contributed by atoms with van der Waals surface area (Å²) >= 11 is 1.98. The normalized spacial score (nSPS) is 35.1. The van der Waals surface area contributed by atoms with Gasteiger partial charge in [0.15, 0.2) is 0 Å². The summed E-state index contributed by atoms with van der Waals surface area (Å²) in [5, 5.41) is 1.22. The molecule has 1 aliphatic heterocycles. The van der Waals surface area contributed by atoms with Gasteiger partial charge in [-0.2, -0.15) is 0 Å². The van der Waals surface area contributed by atoms with Crippen LogP contribution < -0.4 is 4.43 Å². The molecule has 1 aromatic rings. The first-order valence-corrected chi connectivity index (χ1v) is 8.92. The number of rotatable bonds is 0. The fraction of sp³-hybridized carbons (Fsp3) is 0.769. The molecule has 4 heteroatoms. The Hall–Kier alpha value is 0.0795. The maximum atomic E-state index is 11.6. The van der Waals surface area contributed by atoms with Gasteiger partial charge in [0.2, 0.25) is 0 Å². The van der Waals surface area contributed by atoms with Crippen LogP contribution in [0.2, 0.25) is 0 Å². The van der Waals surface area contributed by atoms with E-state index in [4.69, 9.17) is 0 Å². The first-order chi connectivity index (χ1) is 7.97. The molecular weight excluding hydrogens is 297 g/mol. The predicted octanol–water partition coefficient (Wildman–Crippen LogP) is 2.84. The number of hydrogen-bond acceptors (Lipinski definition) is 2. The van der Waals surface area contributed by atoms with Gasteiger partial charge < -0.3 is 0 Å². The van der Waals surface area contributed by atoms with E-state index in [1.165, 1.54) is 28.7 Å². The second kappa shape index (κ2) is 4.04. The van der Waals surface area contributed by atoms with Crippen molar-refractivity contribution < 1.29 is 0 Å². The first kappa shape index (κ1) is 12.1. The zero-order chi connectivity index (χ0) is 12.2. The quantitative estimate of drug-likeness (QED) is 0.747. The van der Waals surface area contributed by atoms with Crippen molar-refractivity contribution in [3.63, 3.8) is 0 Å². The van der Waals surface area contributed by atoms with Crippen molar-refractivity contribution in [1.29, 1.82) is 0 Å². The average molecular weight is 316 g/mol.